The lowest BCUT2D eigenvalue weighted by atomic mass is 10.2. The average molecular weight is 214 g/mol. The SMILES string of the molecule is COCC(N)CN(C)Cc1ccsc1. The van der Waals surface area contributed by atoms with E-state index >= 15 is 0 Å². The summed E-state index contributed by atoms with van der Waals surface area (Å²) in [6.07, 6.45) is 0. The van der Waals surface area contributed by atoms with E-state index in [1.165, 1.54) is 5.56 Å². The summed E-state index contributed by atoms with van der Waals surface area (Å²) in [5, 5.41) is 4.26. The molecular weight excluding hydrogens is 196 g/mol. The van der Waals surface area contributed by atoms with E-state index in [0.717, 1.165) is 13.1 Å². The van der Waals surface area contributed by atoms with Gasteiger partial charge in [-0.3, -0.25) is 0 Å². The van der Waals surface area contributed by atoms with Crippen LogP contribution in [0.2, 0.25) is 0 Å². The van der Waals surface area contributed by atoms with E-state index < -0.39 is 0 Å². The first-order chi connectivity index (χ1) is 6.72. The summed E-state index contributed by atoms with van der Waals surface area (Å²) in [5.41, 5.74) is 7.20. The predicted octanol–water partition coefficient (Wildman–Crippen LogP) is 1.15. The summed E-state index contributed by atoms with van der Waals surface area (Å²) in [6.45, 7) is 2.44. The number of rotatable bonds is 6. The second-order valence-electron chi connectivity index (χ2n) is 3.54. The van der Waals surface area contributed by atoms with E-state index in [0.29, 0.717) is 6.61 Å². The van der Waals surface area contributed by atoms with Gasteiger partial charge in [0.2, 0.25) is 0 Å². The number of nitrogens with zero attached hydrogens (tertiary/aromatic N) is 1. The highest BCUT2D eigenvalue weighted by Crippen LogP contribution is 2.08. The second kappa shape index (κ2) is 6.14. The van der Waals surface area contributed by atoms with Gasteiger partial charge in [-0.2, -0.15) is 11.3 Å². The highest BCUT2D eigenvalue weighted by atomic mass is 32.1. The van der Waals surface area contributed by atoms with Gasteiger partial charge in [0.1, 0.15) is 0 Å². The Kier molecular flexibility index (Phi) is 5.11. The Hall–Kier alpha value is -0.420. The van der Waals surface area contributed by atoms with Crippen molar-refractivity contribution in [3.63, 3.8) is 0 Å². The van der Waals surface area contributed by atoms with Crippen molar-refractivity contribution < 1.29 is 4.74 Å². The third-order valence-corrected chi connectivity index (χ3v) is 2.69. The lowest BCUT2D eigenvalue weighted by Gasteiger charge is -2.20. The van der Waals surface area contributed by atoms with Crippen molar-refractivity contribution in [1.82, 2.24) is 4.90 Å². The standard InChI is InChI=1S/C10H18N2OS/c1-12(6-10(11)7-13-2)5-9-3-4-14-8-9/h3-4,8,10H,5-7,11H2,1-2H3. The zero-order chi connectivity index (χ0) is 10.4. The Labute approximate surface area is 89.5 Å². The number of hydrogen-bond donors (Lipinski definition) is 1. The summed E-state index contributed by atoms with van der Waals surface area (Å²) < 4.78 is 4.99. The third kappa shape index (κ3) is 4.19. The van der Waals surface area contributed by atoms with Gasteiger partial charge in [-0.25, -0.2) is 0 Å². The molecule has 80 valence electrons. The number of nitrogens with two attached hydrogens (primary N) is 1. The lowest BCUT2D eigenvalue weighted by molar-refractivity contribution is 0.160. The molecule has 0 spiro atoms. The van der Waals surface area contributed by atoms with Gasteiger partial charge in [0.15, 0.2) is 0 Å². The Morgan fingerprint density at radius 1 is 1.64 bits per heavy atom. The number of likely N-dealkylation sites (N-methyl/N-ethyl adjacent to an activating group) is 1. The quantitative estimate of drug-likeness (QED) is 0.772. The predicted molar refractivity (Wildman–Crippen MR) is 60.5 cm³/mol. The van der Waals surface area contributed by atoms with E-state index in [4.69, 9.17) is 10.5 Å². The Morgan fingerprint density at radius 3 is 3.00 bits per heavy atom. The van der Waals surface area contributed by atoms with Crippen LogP contribution in [0.15, 0.2) is 16.8 Å². The monoisotopic (exact) mass is 214 g/mol. The van der Waals surface area contributed by atoms with Crippen LogP contribution in [-0.4, -0.2) is 38.3 Å². The molecule has 0 amide bonds. The van der Waals surface area contributed by atoms with Crippen molar-refractivity contribution in [2.75, 3.05) is 27.3 Å². The van der Waals surface area contributed by atoms with Crippen LogP contribution in [0.25, 0.3) is 0 Å². The Morgan fingerprint density at radius 2 is 2.43 bits per heavy atom. The van der Waals surface area contributed by atoms with Crippen LogP contribution in [-0.2, 0) is 11.3 Å². The van der Waals surface area contributed by atoms with Crippen molar-refractivity contribution in [2.24, 2.45) is 5.73 Å². The topological polar surface area (TPSA) is 38.5 Å². The lowest BCUT2D eigenvalue weighted by Crippen LogP contribution is -2.38. The van der Waals surface area contributed by atoms with Crippen LogP contribution in [0.1, 0.15) is 5.56 Å². The molecule has 0 aliphatic rings. The number of methoxy groups -OCH3 is 1. The van der Waals surface area contributed by atoms with E-state index in [9.17, 15) is 0 Å². The molecule has 1 unspecified atom stereocenters. The molecule has 1 rings (SSSR count). The molecule has 4 heteroatoms. The van der Waals surface area contributed by atoms with Gasteiger partial charge in [0.25, 0.3) is 0 Å². The molecule has 0 aromatic carbocycles. The minimum atomic E-state index is 0.101. The van der Waals surface area contributed by atoms with Gasteiger partial charge < -0.3 is 15.4 Å². The van der Waals surface area contributed by atoms with Crippen LogP contribution < -0.4 is 5.73 Å². The summed E-state index contributed by atoms with van der Waals surface area (Å²) in [6, 6.07) is 2.24. The van der Waals surface area contributed by atoms with Crippen molar-refractivity contribution >= 4 is 11.3 Å². The van der Waals surface area contributed by atoms with Crippen LogP contribution in [0.3, 0.4) is 0 Å². The number of thiophene rings is 1. The molecule has 0 saturated heterocycles. The van der Waals surface area contributed by atoms with Gasteiger partial charge in [-0.15, -0.1) is 0 Å². The summed E-state index contributed by atoms with van der Waals surface area (Å²) >= 11 is 1.73. The zero-order valence-electron chi connectivity index (χ0n) is 8.77. The zero-order valence-corrected chi connectivity index (χ0v) is 9.59. The molecule has 1 atom stereocenters. The molecule has 1 heterocycles. The molecule has 0 fully saturated rings. The third-order valence-electron chi connectivity index (χ3n) is 1.96. The van der Waals surface area contributed by atoms with Gasteiger partial charge >= 0.3 is 0 Å². The van der Waals surface area contributed by atoms with Gasteiger partial charge in [0, 0.05) is 26.2 Å². The van der Waals surface area contributed by atoms with Gasteiger partial charge in [0.05, 0.1) is 6.61 Å². The second-order valence-corrected chi connectivity index (χ2v) is 4.32. The molecule has 0 radical (unpaired) electrons. The molecule has 14 heavy (non-hydrogen) atoms. The largest absolute Gasteiger partial charge is 0.383 e. The maximum Gasteiger partial charge on any atom is 0.0626 e. The van der Waals surface area contributed by atoms with Crippen LogP contribution in [0.4, 0.5) is 0 Å². The van der Waals surface area contributed by atoms with Crippen molar-refractivity contribution in [1.29, 1.82) is 0 Å². The normalized spacial score (nSPS) is 13.4. The fourth-order valence-electron chi connectivity index (χ4n) is 1.43. The molecule has 1 aromatic rings. The molecule has 3 nitrogen and oxygen atoms in total. The molecule has 1 aromatic heterocycles. The van der Waals surface area contributed by atoms with E-state index in [1.807, 2.05) is 0 Å². The maximum absolute atomic E-state index is 5.85. The summed E-state index contributed by atoms with van der Waals surface area (Å²) in [4.78, 5) is 2.21. The highest BCUT2D eigenvalue weighted by molar-refractivity contribution is 7.07. The van der Waals surface area contributed by atoms with E-state index in [2.05, 4.69) is 28.8 Å². The Bertz CT molecular complexity index is 238. The Balaban J connectivity index is 2.25. The first-order valence-corrected chi connectivity index (χ1v) is 5.60. The minimum absolute atomic E-state index is 0.101. The van der Waals surface area contributed by atoms with E-state index in [-0.39, 0.29) is 6.04 Å². The van der Waals surface area contributed by atoms with Gasteiger partial charge in [-0.1, -0.05) is 0 Å². The van der Waals surface area contributed by atoms with Crippen molar-refractivity contribution in [2.45, 2.75) is 12.6 Å². The molecular formula is C10H18N2OS. The summed E-state index contributed by atoms with van der Waals surface area (Å²) in [5.74, 6) is 0. The summed E-state index contributed by atoms with van der Waals surface area (Å²) in [7, 11) is 3.76. The first-order valence-electron chi connectivity index (χ1n) is 4.66. The van der Waals surface area contributed by atoms with Crippen LogP contribution in [0.5, 0.6) is 0 Å². The van der Waals surface area contributed by atoms with Crippen LogP contribution >= 0.6 is 11.3 Å². The van der Waals surface area contributed by atoms with Gasteiger partial charge in [-0.05, 0) is 29.4 Å². The smallest absolute Gasteiger partial charge is 0.0626 e. The maximum atomic E-state index is 5.85. The molecule has 0 aliphatic heterocycles. The molecule has 0 saturated carbocycles. The fourth-order valence-corrected chi connectivity index (χ4v) is 2.09. The number of ether oxygens (including phenoxy) is 1. The minimum Gasteiger partial charge on any atom is -0.383 e. The van der Waals surface area contributed by atoms with Crippen molar-refractivity contribution in [3.05, 3.63) is 22.4 Å². The van der Waals surface area contributed by atoms with Crippen LogP contribution in [0, 0.1) is 0 Å². The highest BCUT2D eigenvalue weighted by Gasteiger charge is 2.06. The first kappa shape index (κ1) is 11.7. The molecule has 0 bridgehead atoms. The van der Waals surface area contributed by atoms with E-state index in [1.54, 1.807) is 18.4 Å². The number of hydrogen-bond acceptors (Lipinski definition) is 4. The molecule has 0 aliphatic carbocycles. The fraction of sp³-hybridized carbons (Fsp3) is 0.600. The average Bonchev–Trinajstić information content (AvgIpc) is 2.56. The van der Waals surface area contributed by atoms with Crippen molar-refractivity contribution in [3.8, 4) is 0 Å². The molecule has 2 N–H and O–H groups in total.